The molecule has 2 aromatic heterocycles. The lowest BCUT2D eigenvalue weighted by molar-refractivity contribution is -0.157. The number of pyridine rings is 1. The van der Waals surface area contributed by atoms with Gasteiger partial charge in [0.05, 0.1) is 31.4 Å². The summed E-state index contributed by atoms with van der Waals surface area (Å²) in [6.07, 6.45) is 2.73. The SMILES string of the molecule is CO[C@@H]1COC[C@@H](N(C)C(=O)Cc2cn3ccccc3n2)[C@@H]1O. The molecule has 1 amide bonds. The summed E-state index contributed by atoms with van der Waals surface area (Å²) in [4.78, 5) is 18.5. The summed E-state index contributed by atoms with van der Waals surface area (Å²) in [5.41, 5.74) is 1.50. The van der Waals surface area contributed by atoms with E-state index in [1.165, 1.54) is 12.0 Å². The van der Waals surface area contributed by atoms with Crippen LogP contribution in [0.1, 0.15) is 5.69 Å². The molecule has 0 saturated carbocycles. The third-order valence-corrected chi connectivity index (χ3v) is 4.29. The molecule has 0 bridgehead atoms. The Morgan fingerprint density at radius 3 is 3.09 bits per heavy atom. The van der Waals surface area contributed by atoms with E-state index in [9.17, 15) is 9.90 Å². The van der Waals surface area contributed by atoms with Gasteiger partial charge in [0, 0.05) is 26.6 Å². The maximum atomic E-state index is 12.5. The van der Waals surface area contributed by atoms with E-state index >= 15 is 0 Å². The van der Waals surface area contributed by atoms with Crippen LogP contribution in [0.5, 0.6) is 0 Å². The molecule has 7 nitrogen and oxygen atoms in total. The Morgan fingerprint density at radius 1 is 1.52 bits per heavy atom. The maximum Gasteiger partial charge on any atom is 0.228 e. The van der Waals surface area contributed by atoms with Gasteiger partial charge in [0.25, 0.3) is 0 Å². The van der Waals surface area contributed by atoms with E-state index in [-0.39, 0.29) is 12.3 Å². The first-order valence-corrected chi connectivity index (χ1v) is 7.57. The largest absolute Gasteiger partial charge is 0.388 e. The third kappa shape index (κ3) is 3.21. The van der Waals surface area contributed by atoms with Gasteiger partial charge >= 0.3 is 0 Å². The van der Waals surface area contributed by atoms with Crippen molar-refractivity contribution in [1.82, 2.24) is 14.3 Å². The van der Waals surface area contributed by atoms with Gasteiger partial charge in [0.15, 0.2) is 0 Å². The number of rotatable bonds is 4. The molecule has 3 atom stereocenters. The number of aliphatic hydroxyl groups is 1. The number of ether oxygens (including phenoxy) is 2. The number of hydrogen-bond donors (Lipinski definition) is 1. The number of likely N-dealkylation sites (N-methyl/N-ethyl adjacent to an activating group) is 1. The first-order valence-electron chi connectivity index (χ1n) is 7.57. The number of fused-ring (bicyclic) bond motifs is 1. The van der Waals surface area contributed by atoms with Crippen molar-refractivity contribution in [3.63, 3.8) is 0 Å². The number of aromatic nitrogens is 2. The molecule has 1 fully saturated rings. The highest BCUT2D eigenvalue weighted by Crippen LogP contribution is 2.17. The Morgan fingerprint density at radius 2 is 2.35 bits per heavy atom. The number of hydrogen-bond acceptors (Lipinski definition) is 5. The molecule has 0 radical (unpaired) electrons. The Hall–Kier alpha value is -1.96. The maximum absolute atomic E-state index is 12.5. The van der Waals surface area contributed by atoms with Gasteiger partial charge in [-0.2, -0.15) is 0 Å². The van der Waals surface area contributed by atoms with Crippen LogP contribution in [-0.4, -0.2) is 70.9 Å². The summed E-state index contributed by atoms with van der Waals surface area (Å²) in [7, 11) is 3.20. The van der Waals surface area contributed by atoms with E-state index in [1.807, 2.05) is 35.0 Å². The van der Waals surface area contributed by atoms with Gasteiger partial charge in [0.2, 0.25) is 5.91 Å². The standard InChI is InChI=1S/C16H21N3O4/c1-18(12-9-23-10-13(22-2)16(12)21)15(20)7-11-8-19-6-4-3-5-14(19)17-11/h3-6,8,12-13,16,21H,7,9-10H2,1-2H3/t12-,13-,16+/m1/s1. The minimum atomic E-state index is -0.760. The van der Waals surface area contributed by atoms with Crippen LogP contribution >= 0.6 is 0 Å². The van der Waals surface area contributed by atoms with Gasteiger partial charge in [-0.1, -0.05) is 6.07 Å². The summed E-state index contributed by atoms with van der Waals surface area (Å²) in [5.74, 6) is -0.113. The fourth-order valence-corrected chi connectivity index (χ4v) is 2.84. The van der Waals surface area contributed by atoms with Gasteiger partial charge in [-0.3, -0.25) is 4.79 Å². The van der Waals surface area contributed by atoms with Crippen LogP contribution in [0, 0.1) is 0 Å². The predicted octanol–water partition coefficient (Wildman–Crippen LogP) is 0.110. The van der Waals surface area contributed by atoms with Gasteiger partial charge in [-0.25, -0.2) is 4.98 Å². The lowest BCUT2D eigenvalue weighted by atomic mass is 10.0. The van der Waals surface area contributed by atoms with E-state index in [4.69, 9.17) is 9.47 Å². The Kier molecular flexibility index (Phi) is 4.61. The number of methoxy groups -OCH3 is 1. The van der Waals surface area contributed by atoms with Crippen molar-refractivity contribution in [3.05, 3.63) is 36.3 Å². The van der Waals surface area contributed by atoms with Crippen molar-refractivity contribution in [2.24, 2.45) is 0 Å². The summed E-state index contributed by atoms with van der Waals surface area (Å²) >= 11 is 0. The van der Waals surface area contributed by atoms with Crippen molar-refractivity contribution < 1.29 is 19.4 Å². The van der Waals surface area contributed by atoms with Crippen LogP contribution in [0.2, 0.25) is 0 Å². The Labute approximate surface area is 134 Å². The second-order valence-corrected chi connectivity index (χ2v) is 5.75. The Bertz CT molecular complexity index is 654. The highest BCUT2D eigenvalue weighted by Gasteiger charge is 2.36. The zero-order valence-corrected chi connectivity index (χ0v) is 13.3. The molecular weight excluding hydrogens is 298 g/mol. The second kappa shape index (κ2) is 6.66. The average molecular weight is 319 g/mol. The van der Waals surface area contributed by atoms with Gasteiger partial charge < -0.3 is 23.9 Å². The van der Waals surface area contributed by atoms with Crippen molar-refractivity contribution >= 4 is 11.6 Å². The summed E-state index contributed by atoms with van der Waals surface area (Å²) in [6.45, 7) is 0.636. The molecule has 1 N–H and O–H groups in total. The molecule has 7 heteroatoms. The fraction of sp³-hybridized carbons (Fsp3) is 0.500. The molecule has 3 rings (SSSR count). The average Bonchev–Trinajstić information content (AvgIpc) is 2.96. The molecule has 0 spiro atoms. The first-order chi connectivity index (χ1) is 11.1. The van der Waals surface area contributed by atoms with E-state index in [0.29, 0.717) is 18.9 Å². The lowest BCUT2D eigenvalue weighted by Crippen LogP contribution is -2.57. The number of aliphatic hydroxyl groups excluding tert-OH is 1. The van der Waals surface area contributed by atoms with E-state index in [1.54, 1.807) is 7.05 Å². The summed E-state index contributed by atoms with van der Waals surface area (Å²) in [6, 6.07) is 5.28. The van der Waals surface area contributed by atoms with Crippen LogP contribution in [0.15, 0.2) is 30.6 Å². The minimum absolute atomic E-state index is 0.113. The van der Waals surface area contributed by atoms with E-state index in [0.717, 1.165) is 5.65 Å². The molecule has 0 unspecified atom stereocenters. The smallest absolute Gasteiger partial charge is 0.228 e. The molecule has 1 aliphatic heterocycles. The normalized spacial score (nSPS) is 24.7. The van der Waals surface area contributed by atoms with Gasteiger partial charge in [-0.05, 0) is 12.1 Å². The quantitative estimate of drug-likeness (QED) is 0.866. The van der Waals surface area contributed by atoms with Crippen LogP contribution in [0.25, 0.3) is 5.65 Å². The zero-order valence-electron chi connectivity index (χ0n) is 13.3. The van der Waals surface area contributed by atoms with Crippen molar-refractivity contribution in [2.45, 2.75) is 24.7 Å². The molecule has 0 aliphatic carbocycles. The predicted molar refractivity (Wildman–Crippen MR) is 83.1 cm³/mol. The third-order valence-electron chi connectivity index (χ3n) is 4.29. The molecule has 0 aromatic carbocycles. The number of nitrogens with zero attached hydrogens (tertiary/aromatic N) is 3. The van der Waals surface area contributed by atoms with Crippen LogP contribution in [-0.2, 0) is 20.7 Å². The minimum Gasteiger partial charge on any atom is -0.388 e. The molecule has 1 saturated heterocycles. The van der Waals surface area contributed by atoms with Gasteiger partial charge in [0.1, 0.15) is 17.9 Å². The van der Waals surface area contributed by atoms with Crippen LogP contribution in [0.3, 0.4) is 0 Å². The lowest BCUT2D eigenvalue weighted by Gasteiger charge is -2.38. The second-order valence-electron chi connectivity index (χ2n) is 5.75. The molecule has 1 aliphatic rings. The summed E-state index contributed by atoms with van der Waals surface area (Å²) in [5, 5.41) is 10.3. The molecule has 3 heterocycles. The van der Waals surface area contributed by atoms with Crippen molar-refractivity contribution in [1.29, 1.82) is 0 Å². The summed E-state index contributed by atoms with van der Waals surface area (Å²) < 4.78 is 12.5. The topological polar surface area (TPSA) is 76.3 Å². The first kappa shape index (κ1) is 15.9. The van der Waals surface area contributed by atoms with Gasteiger partial charge in [-0.15, -0.1) is 0 Å². The van der Waals surface area contributed by atoms with Crippen LogP contribution < -0.4 is 0 Å². The van der Waals surface area contributed by atoms with Crippen molar-refractivity contribution in [3.8, 4) is 0 Å². The zero-order chi connectivity index (χ0) is 16.4. The van der Waals surface area contributed by atoms with E-state index in [2.05, 4.69) is 4.98 Å². The number of amides is 1. The highest BCUT2D eigenvalue weighted by atomic mass is 16.5. The molecule has 23 heavy (non-hydrogen) atoms. The number of imidazole rings is 1. The van der Waals surface area contributed by atoms with Crippen molar-refractivity contribution in [2.75, 3.05) is 27.4 Å². The van der Waals surface area contributed by atoms with Crippen LogP contribution in [0.4, 0.5) is 0 Å². The molecule has 124 valence electrons. The molecule has 2 aromatic rings. The highest BCUT2D eigenvalue weighted by molar-refractivity contribution is 5.78. The number of carbonyl (C=O) groups excluding carboxylic acids is 1. The molecular formula is C16H21N3O4. The Balaban J connectivity index is 1.69. The number of carbonyl (C=O) groups is 1. The fourth-order valence-electron chi connectivity index (χ4n) is 2.84. The van der Waals surface area contributed by atoms with E-state index < -0.39 is 18.2 Å². The monoisotopic (exact) mass is 319 g/mol.